The number of unbranched alkanes of at least 4 members (excludes halogenated alkanes) is 7. The molecule has 0 aromatic rings. The second-order valence-corrected chi connectivity index (χ2v) is 6.10. The Hall–Kier alpha value is -1.57. The van der Waals surface area contributed by atoms with Gasteiger partial charge in [-0.3, -0.25) is 4.79 Å². The van der Waals surface area contributed by atoms with E-state index < -0.39 is 5.97 Å². The molecule has 0 heterocycles. The van der Waals surface area contributed by atoms with Crippen LogP contribution in [-0.2, 0) is 4.79 Å². The number of carboxylic acids is 1. The van der Waals surface area contributed by atoms with Crippen molar-refractivity contribution in [3.8, 4) is 0 Å². The molecule has 2 heteroatoms. The molecule has 0 amide bonds. The molecule has 0 radical (unpaired) electrons. The minimum Gasteiger partial charge on any atom is -0.481 e. The molecular formula is C22H36O2. The first kappa shape index (κ1) is 22.4. The number of allylic oxidation sites excluding steroid dienone is 8. The zero-order valence-corrected chi connectivity index (χ0v) is 15.5. The standard InChI is InChI=1S/C22H36O2/c1-2-3-4-5-6-7-8-9-10-11-12-13-14-15-16-17-18-19-20-21-22(23)24/h6-9,12-13,15-16H,2-5,10-11,14,17-21H2,1H3,(H,23,24). The van der Waals surface area contributed by atoms with Crippen molar-refractivity contribution in [1.82, 2.24) is 0 Å². The van der Waals surface area contributed by atoms with Crippen LogP contribution in [0.5, 0.6) is 0 Å². The highest BCUT2D eigenvalue weighted by molar-refractivity contribution is 5.66. The highest BCUT2D eigenvalue weighted by Crippen LogP contribution is 2.04. The van der Waals surface area contributed by atoms with Crippen LogP contribution < -0.4 is 0 Å². The van der Waals surface area contributed by atoms with E-state index in [-0.39, 0.29) is 0 Å². The van der Waals surface area contributed by atoms with Gasteiger partial charge in [0.2, 0.25) is 0 Å². The molecule has 0 rings (SSSR count). The smallest absolute Gasteiger partial charge is 0.303 e. The highest BCUT2D eigenvalue weighted by Gasteiger charge is 1.94. The molecule has 0 saturated heterocycles. The molecule has 0 aliphatic carbocycles. The maximum Gasteiger partial charge on any atom is 0.303 e. The summed E-state index contributed by atoms with van der Waals surface area (Å²) in [6, 6.07) is 0. The molecule has 0 unspecified atom stereocenters. The van der Waals surface area contributed by atoms with Crippen LogP contribution >= 0.6 is 0 Å². The van der Waals surface area contributed by atoms with E-state index in [1.165, 1.54) is 25.7 Å². The lowest BCUT2D eigenvalue weighted by atomic mass is 10.1. The minimum absolute atomic E-state index is 0.301. The van der Waals surface area contributed by atoms with Crippen LogP contribution in [0.3, 0.4) is 0 Å². The maximum absolute atomic E-state index is 10.4. The molecule has 0 aliphatic rings. The van der Waals surface area contributed by atoms with Gasteiger partial charge in [0.05, 0.1) is 0 Å². The lowest BCUT2D eigenvalue weighted by Gasteiger charge is -1.94. The number of hydrogen-bond donors (Lipinski definition) is 1. The summed E-state index contributed by atoms with van der Waals surface area (Å²) < 4.78 is 0. The first-order valence-electron chi connectivity index (χ1n) is 9.60. The van der Waals surface area contributed by atoms with Crippen LogP contribution in [0.1, 0.15) is 84.0 Å². The van der Waals surface area contributed by atoms with Crippen molar-refractivity contribution in [2.45, 2.75) is 84.0 Å². The fourth-order valence-electron chi connectivity index (χ4n) is 2.28. The lowest BCUT2D eigenvalue weighted by molar-refractivity contribution is -0.137. The molecule has 0 aliphatic heterocycles. The zero-order valence-electron chi connectivity index (χ0n) is 15.5. The molecule has 0 atom stereocenters. The average Bonchev–Trinajstić information content (AvgIpc) is 2.56. The molecular weight excluding hydrogens is 296 g/mol. The molecule has 0 fully saturated rings. The SMILES string of the molecule is CCCCCC=CC=CCCC=CCC=CCCCCCC(=O)O. The van der Waals surface area contributed by atoms with E-state index >= 15 is 0 Å². The molecule has 0 aromatic heterocycles. The van der Waals surface area contributed by atoms with Gasteiger partial charge in [0.15, 0.2) is 0 Å². The fourth-order valence-corrected chi connectivity index (χ4v) is 2.28. The summed E-state index contributed by atoms with van der Waals surface area (Å²) in [6.07, 6.45) is 30.2. The molecule has 0 bridgehead atoms. The van der Waals surface area contributed by atoms with Crippen LogP contribution in [0, 0.1) is 0 Å². The third kappa shape index (κ3) is 20.4. The Balaban J connectivity index is 3.36. The molecule has 0 saturated carbocycles. The van der Waals surface area contributed by atoms with Gasteiger partial charge < -0.3 is 5.11 Å². The lowest BCUT2D eigenvalue weighted by Crippen LogP contribution is -1.93. The van der Waals surface area contributed by atoms with Crippen LogP contribution in [-0.4, -0.2) is 11.1 Å². The minimum atomic E-state index is -0.687. The van der Waals surface area contributed by atoms with Crippen molar-refractivity contribution in [1.29, 1.82) is 0 Å². The summed E-state index contributed by atoms with van der Waals surface area (Å²) in [4.78, 5) is 10.4. The summed E-state index contributed by atoms with van der Waals surface area (Å²) in [6.45, 7) is 2.23. The number of rotatable bonds is 16. The maximum atomic E-state index is 10.4. The Morgan fingerprint density at radius 1 is 0.708 bits per heavy atom. The van der Waals surface area contributed by atoms with Crippen molar-refractivity contribution in [3.63, 3.8) is 0 Å². The second-order valence-electron chi connectivity index (χ2n) is 6.10. The van der Waals surface area contributed by atoms with E-state index in [1.807, 2.05) is 0 Å². The van der Waals surface area contributed by atoms with Gasteiger partial charge in [-0.05, 0) is 51.4 Å². The van der Waals surface area contributed by atoms with Gasteiger partial charge in [-0.1, -0.05) is 74.8 Å². The summed E-state index contributed by atoms with van der Waals surface area (Å²) in [5, 5.41) is 8.53. The summed E-state index contributed by atoms with van der Waals surface area (Å²) in [5.41, 5.74) is 0. The van der Waals surface area contributed by atoms with Crippen molar-refractivity contribution >= 4 is 5.97 Å². The summed E-state index contributed by atoms with van der Waals surface area (Å²) in [5.74, 6) is -0.687. The molecule has 136 valence electrons. The number of carbonyl (C=O) groups is 1. The Morgan fingerprint density at radius 2 is 1.29 bits per heavy atom. The third-order valence-corrected chi connectivity index (χ3v) is 3.72. The van der Waals surface area contributed by atoms with Crippen LogP contribution in [0.25, 0.3) is 0 Å². The largest absolute Gasteiger partial charge is 0.481 e. The fraction of sp³-hybridized carbons (Fsp3) is 0.591. The third-order valence-electron chi connectivity index (χ3n) is 3.72. The van der Waals surface area contributed by atoms with Crippen molar-refractivity contribution < 1.29 is 9.90 Å². The molecule has 0 spiro atoms. The first-order valence-corrected chi connectivity index (χ1v) is 9.60. The number of carboxylic acid groups (broad SMARTS) is 1. The van der Waals surface area contributed by atoms with Gasteiger partial charge in [-0.15, -0.1) is 0 Å². The Morgan fingerprint density at radius 3 is 2.00 bits per heavy atom. The highest BCUT2D eigenvalue weighted by atomic mass is 16.4. The second kappa shape index (κ2) is 19.5. The van der Waals surface area contributed by atoms with Crippen LogP contribution in [0.4, 0.5) is 0 Å². The summed E-state index contributed by atoms with van der Waals surface area (Å²) >= 11 is 0. The van der Waals surface area contributed by atoms with Gasteiger partial charge in [-0.2, -0.15) is 0 Å². The van der Waals surface area contributed by atoms with Crippen molar-refractivity contribution in [3.05, 3.63) is 48.6 Å². The molecule has 0 aromatic carbocycles. The van der Waals surface area contributed by atoms with E-state index in [2.05, 4.69) is 55.5 Å². The number of hydrogen-bond acceptors (Lipinski definition) is 1. The van der Waals surface area contributed by atoms with Crippen LogP contribution in [0.2, 0.25) is 0 Å². The van der Waals surface area contributed by atoms with Gasteiger partial charge >= 0.3 is 5.97 Å². The van der Waals surface area contributed by atoms with Gasteiger partial charge in [-0.25, -0.2) is 0 Å². The van der Waals surface area contributed by atoms with Gasteiger partial charge in [0.25, 0.3) is 0 Å². The van der Waals surface area contributed by atoms with Gasteiger partial charge in [0.1, 0.15) is 0 Å². The quantitative estimate of drug-likeness (QED) is 0.188. The molecule has 2 nitrogen and oxygen atoms in total. The predicted octanol–water partition coefficient (Wildman–Crippen LogP) is 7.00. The van der Waals surface area contributed by atoms with E-state index in [9.17, 15) is 4.79 Å². The molecule has 1 N–H and O–H groups in total. The zero-order chi connectivity index (χ0) is 17.7. The van der Waals surface area contributed by atoms with E-state index in [0.29, 0.717) is 6.42 Å². The van der Waals surface area contributed by atoms with Crippen LogP contribution in [0.15, 0.2) is 48.6 Å². The van der Waals surface area contributed by atoms with Gasteiger partial charge in [0, 0.05) is 6.42 Å². The van der Waals surface area contributed by atoms with E-state index in [1.54, 1.807) is 0 Å². The summed E-state index contributed by atoms with van der Waals surface area (Å²) in [7, 11) is 0. The average molecular weight is 333 g/mol. The van der Waals surface area contributed by atoms with E-state index in [4.69, 9.17) is 5.11 Å². The monoisotopic (exact) mass is 332 g/mol. The Bertz CT molecular complexity index is 389. The normalized spacial score (nSPS) is 12.4. The van der Waals surface area contributed by atoms with Crippen molar-refractivity contribution in [2.24, 2.45) is 0 Å². The predicted molar refractivity (Wildman–Crippen MR) is 105 cm³/mol. The number of aliphatic carboxylic acids is 1. The van der Waals surface area contributed by atoms with Crippen molar-refractivity contribution in [2.75, 3.05) is 0 Å². The Kier molecular flexibility index (Phi) is 18.2. The molecule has 24 heavy (non-hydrogen) atoms. The Labute approximate surface area is 149 Å². The van der Waals surface area contributed by atoms with E-state index in [0.717, 1.165) is 44.9 Å². The topological polar surface area (TPSA) is 37.3 Å². The first-order chi connectivity index (χ1) is 11.8.